The Kier molecular flexibility index (Phi) is 5.60. The van der Waals surface area contributed by atoms with Gasteiger partial charge in [-0.1, -0.05) is 40.5 Å². The summed E-state index contributed by atoms with van der Waals surface area (Å²) in [6.07, 6.45) is 0. The Balaban J connectivity index is 0.00000144. The zero-order chi connectivity index (χ0) is 11.4. The number of nitrogens with two attached hydrogens (primary N) is 1. The highest BCUT2D eigenvalue weighted by molar-refractivity contribution is 8.93. The predicted molar refractivity (Wildman–Crippen MR) is 78.9 cm³/mol. The van der Waals surface area contributed by atoms with Crippen molar-refractivity contribution in [2.24, 2.45) is 5.73 Å². The lowest BCUT2D eigenvalue weighted by Crippen LogP contribution is -2.03. The van der Waals surface area contributed by atoms with E-state index in [0.29, 0.717) is 0 Å². The van der Waals surface area contributed by atoms with Crippen LogP contribution in [0.2, 0.25) is 0 Å². The van der Waals surface area contributed by atoms with Crippen LogP contribution in [0.3, 0.4) is 0 Å². The summed E-state index contributed by atoms with van der Waals surface area (Å²) in [5, 5.41) is 13.2. The van der Waals surface area contributed by atoms with E-state index in [2.05, 4.69) is 9.59 Å². The van der Waals surface area contributed by atoms with Crippen LogP contribution >= 0.6 is 40.3 Å². The van der Waals surface area contributed by atoms with Crippen LogP contribution in [-0.2, 0) is 5.75 Å². The lowest BCUT2D eigenvalue weighted by Gasteiger charge is -2.01. The molecule has 0 aliphatic carbocycles. The molecule has 1 aromatic heterocycles. The second kappa shape index (κ2) is 6.73. The number of nitrogens with zero attached hydrogens (tertiary/aromatic N) is 2. The molecule has 0 saturated carbocycles. The largest absolute Gasteiger partial charge is 0.379 e. The Morgan fingerprint density at radius 1 is 1.35 bits per heavy atom. The second-order valence-electron chi connectivity index (χ2n) is 3.14. The summed E-state index contributed by atoms with van der Waals surface area (Å²) in [6, 6.07) is 8.05. The van der Waals surface area contributed by atoms with Gasteiger partial charge in [-0.05, 0) is 17.1 Å². The number of aromatic nitrogens is 2. The Bertz CT molecular complexity index is 470. The fourth-order valence-electron chi connectivity index (χ4n) is 1.22. The third-order valence-corrected chi connectivity index (χ3v) is 3.30. The number of rotatable bonds is 3. The quantitative estimate of drug-likeness (QED) is 0.670. The maximum atomic E-state index is 7.12. The van der Waals surface area contributed by atoms with Gasteiger partial charge < -0.3 is 5.73 Å². The molecular formula is C10H11BrN4S2. The molecule has 0 amide bonds. The molecule has 0 spiro atoms. The van der Waals surface area contributed by atoms with Crippen LogP contribution in [0.1, 0.15) is 5.56 Å². The molecule has 0 radical (unpaired) electrons. The fraction of sp³-hybridized carbons (Fsp3) is 0.100. The van der Waals surface area contributed by atoms with Crippen molar-refractivity contribution in [1.82, 2.24) is 9.59 Å². The summed E-state index contributed by atoms with van der Waals surface area (Å²) >= 11 is 2.67. The van der Waals surface area contributed by atoms with E-state index >= 15 is 0 Å². The lowest BCUT2D eigenvalue weighted by atomic mass is 10.1. The second-order valence-corrected chi connectivity index (χ2v) is 4.77. The van der Waals surface area contributed by atoms with Gasteiger partial charge in [0, 0.05) is 16.7 Å². The van der Waals surface area contributed by atoms with Gasteiger partial charge in [0.05, 0.1) is 0 Å². The van der Waals surface area contributed by atoms with Gasteiger partial charge in [-0.25, -0.2) is 0 Å². The van der Waals surface area contributed by atoms with Crippen LogP contribution < -0.4 is 5.73 Å². The minimum absolute atomic E-state index is 0. The highest BCUT2D eigenvalue weighted by atomic mass is 79.9. The summed E-state index contributed by atoms with van der Waals surface area (Å²) in [6.45, 7) is 0. The molecule has 0 aliphatic heterocycles. The molecule has 1 heterocycles. The molecule has 7 heteroatoms. The van der Waals surface area contributed by atoms with Crippen molar-refractivity contribution in [3.8, 4) is 11.3 Å². The van der Waals surface area contributed by atoms with Gasteiger partial charge >= 0.3 is 0 Å². The number of nitrogens with one attached hydrogen (secondary N) is 1. The Labute approximate surface area is 118 Å². The first kappa shape index (κ1) is 14.1. The molecule has 0 atom stereocenters. The van der Waals surface area contributed by atoms with Crippen LogP contribution in [0.4, 0.5) is 0 Å². The molecular weight excluding hydrogens is 320 g/mol. The first-order chi connectivity index (χ1) is 7.75. The summed E-state index contributed by atoms with van der Waals surface area (Å²) in [5.41, 5.74) is 8.38. The zero-order valence-electron chi connectivity index (χ0n) is 8.79. The zero-order valence-corrected chi connectivity index (χ0v) is 12.1. The number of hydrogen-bond acceptors (Lipinski definition) is 5. The van der Waals surface area contributed by atoms with E-state index in [1.165, 1.54) is 23.3 Å². The Morgan fingerprint density at radius 3 is 2.59 bits per heavy atom. The number of thioether (sulfide) groups is 1. The summed E-state index contributed by atoms with van der Waals surface area (Å²) in [7, 11) is 0. The molecule has 0 bridgehead atoms. The average molecular weight is 331 g/mol. The maximum Gasteiger partial charge on any atom is 0.151 e. The summed E-state index contributed by atoms with van der Waals surface area (Å²) in [4.78, 5) is 0. The van der Waals surface area contributed by atoms with Crippen molar-refractivity contribution >= 4 is 45.4 Å². The predicted octanol–water partition coefficient (Wildman–Crippen LogP) is 2.91. The molecule has 90 valence electrons. The molecule has 2 rings (SSSR count). The number of halogens is 1. The molecule has 2 aromatic rings. The van der Waals surface area contributed by atoms with Crippen LogP contribution in [0.5, 0.6) is 0 Å². The summed E-state index contributed by atoms with van der Waals surface area (Å²) in [5.74, 6) is 0.727. The van der Waals surface area contributed by atoms with Gasteiger partial charge in [0.1, 0.15) is 5.69 Å². The lowest BCUT2D eigenvalue weighted by molar-refractivity contribution is 1.16. The first-order valence-electron chi connectivity index (χ1n) is 4.59. The molecule has 4 nitrogen and oxygen atoms in total. The Morgan fingerprint density at radius 2 is 2.06 bits per heavy atom. The van der Waals surface area contributed by atoms with Gasteiger partial charge in [-0.15, -0.1) is 22.1 Å². The Hall–Kier alpha value is -0.920. The topological polar surface area (TPSA) is 75.7 Å². The van der Waals surface area contributed by atoms with E-state index in [4.69, 9.17) is 11.1 Å². The summed E-state index contributed by atoms with van der Waals surface area (Å²) < 4.78 is 3.82. The monoisotopic (exact) mass is 330 g/mol. The molecule has 0 unspecified atom stereocenters. The number of benzene rings is 1. The van der Waals surface area contributed by atoms with Gasteiger partial charge in [-0.3, -0.25) is 5.41 Å². The maximum absolute atomic E-state index is 7.12. The number of amidine groups is 1. The van der Waals surface area contributed by atoms with Crippen LogP contribution in [0.25, 0.3) is 11.3 Å². The highest BCUT2D eigenvalue weighted by Crippen LogP contribution is 2.19. The van der Waals surface area contributed by atoms with Crippen molar-refractivity contribution < 1.29 is 0 Å². The van der Waals surface area contributed by atoms with E-state index in [9.17, 15) is 0 Å². The molecule has 0 aliphatic rings. The van der Waals surface area contributed by atoms with Crippen LogP contribution in [0, 0.1) is 5.41 Å². The van der Waals surface area contributed by atoms with E-state index in [-0.39, 0.29) is 22.1 Å². The van der Waals surface area contributed by atoms with E-state index in [1.54, 1.807) is 0 Å². The molecule has 1 aromatic carbocycles. The third kappa shape index (κ3) is 4.10. The number of hydrogen-bond donors (Lipinski definition) is 2. The van der Waals surface area contributed by atoms with Crippen molar-refractivity contribution in [3.05, 3.63) is 35.2 Å². The fourth-order valence-corrected chi connectivity index (χ4v) is 2.20. The van der Waals surface area contributed by atoms with Crippen molar-refractivity contribution in [2.45, 2.75) is 5.75 Å². The van der Waals surface area contributed by atoms with E-state index in [0.717, 1.165) is 22.6 Å². The minimum Gasteiger partial charge on any atom is -0.379 e. The highest BCUT2D eigenvalue weighted by Gasteiger charge is 2.01. The van der Waals surface area contributed by atoms with Gasteiger partial charge in [0.15, 0.2) is 5.17 Å². The third-order valence-electron chi connectivity index (χ3n) is 2.00. The molecule has 3 N–H and O–H groups in total. The van der Waals surface area contributed by atoms with E-state index in [1.807, 2.05) is 29.6 Å². The standard InChI is InChI=1S/C10H10N4S2.BrH/c11-10(12)15-5-7-1-3-8(4-2-7)9-6-16-14-13-9;/h1-4,6H,5H2,(H3,11,12);1H. The van der Waals surface area contributed by atoms with Gasteiger partial charge in [0.2, 0.25) is 0 Å². The van der Waals surface area contributed by atoms with Crippen molar-refractivity contribution in [1.29, 1.82) is 5.41 Å². The average Bonchev–Trinajstić information content (AvgIpc) is 2.80. The normalized spacial score (nSPS) is 9.65. The minimum atomic E-state index is 0. The van der Waals surface area contributed by atoms with Gasteiger partial charge in [-0.2, -0.15) is 0 Å². The van der Waals surface area contributed by atoms with Crippen LogP contribution in [-0.4, -0.2) is 14.8 Å². The van der Waals surface area contributed by atoms with Crippen LogP contribution in [0.15, 0.2) is 29.6 Å². The van der Waals surface area contributed by atoms with Crippen molar-refractivity contribution in [3.63, 3.8) is 0 Å². The van der Waals surface area contributed by atoms with Crippen molar-refractivity contribution in [2.75, 3.05) is 0 Å². The smallest absolute Gasteiger partial charge is 0.151 e. The molecule has 0 saturated heterocycles. The SMILES string of the molecule is Br.N=C(N)SCc1ccc(-c2csnn2)cc1. The molecule has 0 fully saturated rings. The van der Waals surface area contributed by atoms with E-state index < -0.39 is 0 Å². The van der Waals surface area contributed by atoms with Gasteiger partial charge in [0.25, 0.3) is 0 Å². The molecule has 17 heavy (non-hydrogen) atoms. The first-order valence-corrected chi connectivity index (χ1v) is 6.41.